The Morgan fingerprint density at radius 3 is 2.02 bits per heavy atom. The number of nitrogens with two attached hydrogens (primary N) is 1. The van der Waals surface area contributed by atoms with Gasteiger partial charge in [-0.1, -0.05) is 129 Å². The van der Waals surface area contributed by atoms with Crippen LogP contribution in [0.1, 0.15) is 168 Å². The predicted molar refractivity (Wildman–Crippen MR) is 248 cm³/mol. The van der Waals surface area contributed by atoms with Gasteiger partial charge in [0.25, 0.3) is 0 Å². The van der Waals surface area contributed by atoms with E-state index in [1.807, 2.05) is 6.08 Å². The summed E-state index contributed by atoms with van der Waals surface area (Å²) in [6, 6.07) is 1.24. The topological polar surface area (TPSA) is 283 Å². The molecule has 1 aromatic heterocycles. The third-order valence-corrected chi connectivity index (χ3v) is 13.3. The van der Waals surface area contributed by atoms with Crippen molar-refractivity contribution in [2.75, 3.05) is 25.6 Å². The van der Waals surface area contributed by atoms with E-state index in [9.17, 15) is 48.3 Å². The Kier molecular flexibility index (Phi) is 29.9. The number of nitrogen functional groups attached to an aromatic ring is 1. The van der Waals surface area contributed by atoms with Crippen LogP contribution in [-0.4, -0.2) is 91.5 Å². The number of aromatic nitrogens is 2. The Morgan fingerprint density at radius 1 is 0.803 bits per heavy atom. The first-order valence-corrected chi connectivity index (χ1v) is 26.7. The number of hydrogen-bond acceptors (Lipinski definition) is 16. The number of phosphoric ester groups is 2. The van der Waals surface area contributed by atoms with Gasteiger partial charge in [-0.3, -0.25) is 28.0 Å². The molecule has 0 aromatic carbocycles. The molecule has 6 N–H and O–H groups in total. The summed E-state index contributed by atoms with van der Waals surface area (Å²) in [6.07, 6.45) is 19.7. The molecule has 19 nitrogen and oxygen atoms in total. The monoisotopic (exact) mass is 977 g/mol. The summed E-state index contributed by atoms with van der Waals surface area (Å²) in [6.45, 7) is 4.23. The van der Waals surface area contributed by atoms with Crippen molar-refractivity contribution in [3.05, 3.63) is 47.1 Å². The highest BCUT2D eigenvalue weighted by Gasteiger charge is 2.46. The molecule has 2 heterocycles. The predicted octanol–water partition coefficient (Wildman–Crippen LogP) is 8.09. The van der Waals surface area contributed by atoms with Crippen LogP contribution in [0, 0.1) is 5.92 Å². The summed E-state index contributed by atoms with van der Waals surface area (Å²) in [5, 5.41) is 20.9. The van der Waals surface area contributed by atoms with Gasteiger partial charge in [0.1, 0.15) is 30.7 Å². The van der Waals surface area contributed by atoms with Crippen LogP contribution in [0.3, 0.4) is 0 Å². The molecule has 0 bridgehead atoms. The van der Waals surface area contributed by atoms with Crippen molar-refractivity contribution < 1.29 is 71.1 Å². The van der Waals surface area contributed by atoms with Gasteiger partial charge >= 0.3 is 33.3 Å². The molecular formula is C45H77N3O16P2. The Bertz CT molecular complexity index is 1780. The van der Waals surface area contributed by atoms with Gasteiger partial charge in [-0.25, -0.2) is 13.9 Å². The molecule has 2 unspecified atom stereocenters. The van der Waals surface area contributed by atoms with Crippen LogP contribution in [0.5, 0.6) is 0 Å². The van der Waals surface area contributed by atoms with Gasteiger partial charge in [-0.05, 0) is 50.2 Å². The Balaban J connectivity index is 1.84. The number of ether oxygens (including phenoxy) is 3. The SMILES string of the molecule is CCCCC/C=C\C=C\C(=O)CCCCCCCC(=O)OC[C@H](COP(=O)(O)OP(=O)(O)OC[C@H]1O[C@@H](n2ccc(N)nc2=O)[C@H](O)[C@@H]1O)OC(=O)CCCCCCCCCCCC(C)C. The van der Waals surface area contributed by atoms with E-state index in [4.69, 9.17) is 29.0 Å². The molecule has 2 rings (SSSR count). The van der Waals surface area contributed by atoms with Crippen LogP contribution in [0.25, 0.3) is 0 Å². The number of rotatable bonds is 38. The second-order valence-electron chi connectivity index (χ2n) is 17.1. The number of aliphatic hydroxyl groups excluding tert-OH is 2. The van der Waals surface area contributed by atoms with Crippen molar-refractivity contribution in [3.63, 3.8) is 0 Å². The summed E-state index contributed by atoms with van der Waals surface area (Å²) in [5.74, 6) is -0.610. The highest BCUT2D eigenvalue weighted by molar-refractivity contribution is 7.61. The van der Waals surface area contributed by atoms with E-state index < -0.39 is 83.7 Å². The van der Waals surface area contributed by atoms with Gasteiger partial charge < -0.3 is 39.9 Å². The number of unbranched alkanes of at least 4 members (excludes halogenated alkanes) is 15. The number of aliphatic hydroxyl groups is 2. The first kappa shape index (κ1) is 59.0. The van der Waals surface area contributed by atoms with E-state index in [-0.39, 0.29) is 24.4 Å². The van der Waals surface area contributed by atoms with Gasteiger partial charge in [0.15, 0.2) is 18.1 Å². The average Bonchev–Trinajstić information content (AvgIpc) is 3.53. The van der Waals surface area contributed by atoms with Gasteiger partial charge in [0.05, 0.1) is 13.2 Å². The van der Waals surface area contributed by atoms with Crippen molar-refractivity contribution in [2.45, 2.75) is 193 Å². The second-order valence-corrected chi connectivity index (χ2v) is 20.2. The Morgan fingerprint density at radius 2 is 1.39 bits per heavy atom. The molecule has 66 heavy (non-hydrogen) atoms. The molecule has 1 fully saturated rings. The van der Waals surface area contributed by atoms with Crippen molar-refractivity contribution in [1.82, 2.24) is 9.55 Å². The van der Waals surface area contributed by atoms with E-state index in [2.05, 4.69) is 36.1 Å². The molecule has 1 saturated heterocycles. The van der Waals surface area contributed by atoms with Gasteiger partial charge in [-0.2, -0.15) is 9.29 Å². The van der Waals surface area contributed by atoms with E-state index in [1.165, 1.54) is 44.6 Å². The fourth-order valence-corrected chi connectivity index (χ4v) is 9.06. The highest BCUT2D eigenvalue weighted by atomic mass is 31.3. The van der Waals surface area contributed by atoms with E-state index in [0.29, 0.717) is 25.7 Å². The average molecular weight is 978 g/mol. The third-order valence-electron chi connectivity index (χ3n) is 10.7. The Labute approximate surface area is 390 Å². The summed E-state index contributed by atoms with van der Waals surface area (Å²) < 4.78 is 56.5. The molecule has 1 aromatic rings. The number of nitrogens with zero attached hydrogens (tertiary/aromatic N) is 2. The molecule has 0 radical (unpaired) electrons. The lowest BCUT2D eigenvalue weighted by Crippen LogP contribution is -2.36. The van der Waals surface area contributed by atoms with Crippen molar-refractivity contribution >= 4 is 39.2 Å². The molecule has 0 amide bonds. The van der Waals surface area contributed by atoms with Gasteiger partial charge in [0, 0.05) is 25.5 Å². The first-order chi connectivity index (χ1) is 31.4. The van der Waals surface area contributed by atoms with Crippen LogP contribution in [0.15, 0.2) is 41.4 Å². The molecule has 1 aliphatic rings. The van der Waals surface area contributed by atoms with Gasteiger partial charge in [0.2, 0.25) is 0 Å². The molecule has 0 spiro atoms. The molecule has 0 aliphatic carbocycles. The normalized spacial score (nSPS) is 19.9. The minimum absolute atomic E-state index is 0.0266. The van der Waals surface area contributed by atoms with E-state index >= 15 is 0 Å². The largest absolute Gasteiger partial charge is 0.481 e. The number of hydrogen-bond donors (Lipinski definition) is 5. The molecule has 1 aliphatic heterocycles. The number of esters is 2. The molecule has 378 valence electrons. The smallest absolute Gasteiger partial charge is 0.462 e. The minimum atomic E-state index is -5.44. The summed E-state index contributed by atoms with van der Waals surface area (Å²) >= 11 is 0. The highest BCUT2D eigenvalue weighted by Crippen LogP contribution is 2.60. The van der Waals surface area contributed by atoms with E-state index in [0.717, 1.165) is 80.9 Å². The minimum Gasteiger partial charge on any atom is -0.462 e. The number of carbonyl (C=O) groups is 3. The molecule has 0 saturated carbocycles. The lowest BCUT2D eigenvalue weighted by molar-refractivity contribution is -0.161. The lowest BCUT2D eigenvalue weighted by Gasteiger charge is -2.21. The molecule has 21 heteroatoms. The van der Waals surface area contributed by atoms with E-state index in [1.54, 1.807) is 12.2 Å². The number of anilines is 1. The summed E-state index contributed by atoms with van der Waals surface area (Å²) in [4.78, 5) is 73.8. The Hall–Kier alpha value is -3.09. The van der Waals surface area contributed by atoms with Crippen LogP contribution >= 0.6 is 15.6 Å². The fourth-order valence-electron chi connectivity index (χ4n) is 6.95. The first-order valence-electron chi connectivity index (χ1n) is 23.7. The zero-order valence-corrected chi connectivity index (χ0v) is 40.9. The maximum Gasteiger partial charge on any atom is 0.481 e. The summed E-state index contributed by atoms with van der Waals surface area (Å²) in [7, 11) is -10.9. The zero-order chi connectivity index (χ0) is 48.8. The maximum atomic E-state index is 12.8. The summed E-state index contributed by atoms with van der Waals surface area (Å²) in [5.41, 5.74) is 4.57. The number of carbonyl (C=O) groups excluding carboxylic acids is 3. The lowest BCUT2D eigenvalue weighted by atomic mass is 10.0. The van der Waals surface area contributed by atoms with Crippen molar-refractivity contribution in [2.24, 2.45) is 5.92 Å². The molecule has 7 atom stereocenters. The van der Waals surface area contributed by atoms with Crippen LogP contribution < -0.4 is 11.4 Å². The fraction of sp³-hybridized carbons (Fsp3) is 0.756. The number of ketones is 1. The van der Waals surface area contributed by atoms with Crippen LogP contribution in [-0.2, 0) is 51.1 Å². The standard InChI is InChI=1S/C45H77N3O16P2/c1-4-5-6-7-11-16-21-26-36(49)27-22-17-14-19-23-28-40(50)59-32-37(62-41(51)29-24-18-13-10-8-9-12-15-20-25-35(2)3)33-60-65(55,56)64-66(57,58)61-34-38-42(52)43(53)44(63-38)48-31-30-39(46)47-45(48)54/h11,16,21,26,30-31,35,37-38,42-44,52-53H,4-10,12-15,17-20,22-25,27-29,32-34H2,1-3H3,(H,55,56)(H,57,58)(H2,46,47,54)/b16-11-,26-21+/t37-,38-,42-,43-,44-/m1/s1. The van der Waals surface area contributed by atoms with Crippen molar-refractivity contribution in [1.29, 1.82) is 0 Å². The van der Waals surface area contributed by atoms with Crippen LogP contribution in [0.2, 0.25) is 0 Å². The number of allylic oxidation sites excluding steroid dienone is 4. The quantitative estimate of drug-likeness (QED) is 0.0138. The van der Waals surface area contributed by atoms with Crippen molar-refractivity contribution in [3.8, 4) is 0 Å². The number of phosphoric acid groups is 2. The van der Waals surface area contributed by atoms with Gasteiger partial charge in [-0.15, -0.1) is 0 Å². The third kappa shape index (κ3) is 27.0. The van der Waals surface area contributed by atoms with Crippen LogP contribution in [0.4, 0.5) is 5.82 Å². The zero-order valence-electron chi connectivity index (χ0n) is 39.2. The second kappa shape index (κ2) is 33.4. The maximum absolute atomic E-state index is 12.8. The molecular weight excluding hydrogens is 900 g/mol.